The van der Waals surface area contributed by atoms with Crippen molar-refractivity contribution in [3.8, 4) is 5.75 Å². The number of nitrogens with one attached hydrogen (secondary N) is 3. The molecule has 0 aromatic heterocycles. The molecule has 6 nitrogen and oxygen atoms in total. The number of hydrogen-bond acceptors (Lipinski definition) is 5. The Balaban J connectivity index is 1.28. The molecular formula is C25H26N4O2. The maximum Gasteiger partial charge on any atom is 0.258 e. The van der Waals surface area contributed by atoms with Crippen molar-refractivity contribution in [3.63, 3.8) is 0 Å². The Hall–Kier alpha value is -3.22. The first-order valence-electron chi connectivity index (χ1n) is 10.7. The van der Waals surface area contributed by atoms with Crippen LogP contribution in [-0.4, -0.2) is 24.8 Å². The van der Waals surface area contributed by atoms with Crippen LogP contribution in [0.15, 0.2) is 59.7 Å². The summed E-state index contributed by atoms with van der Waals surface area (Å²) >= 11 is 0. The topological polar surface area (TPSA) is 74.8 Å². The van der Waals surface area contributed by atoms with Gasteiger partial charge in [-0.3, -0.25) is 4.79 Å². The number of amides is 1. The molecule has 1 saturated heterocycles. The van der Waals surface area contributed by atoms with Crippen molar-refractivity contribution in [1.29, 1.82) is 0 Å². The van der Waals surface area contributed by atoms with E-state index in [1.54, 1.807) is 7.11 Å². The van der Waals surface area contributed by atoms with Crippen LogP contribution in [0.25, 0.3) is 10.8 Å². The van der Waals surface area contributed by atoms with Crippen LogP contribution in [0, 0.1) is 0 Å². The molecule has 6 heteroatoms. The number of nitrogens with zero attached hydrogens (tertiary/aromatic N) is 1. The average molecular weight is 415 g/mol. The second-order valence-electron chi connectivity index (χ2n) is 8.18. The van der Waals surface area contributed by atoms with Gasteiger partial charge in [0.15, 0.2) is 0 Å². The third-order valence-electron chi connectivity index (χ3n) is 6.35. The van der Waals surface area contributed by atoms with Gasteiger partial charge in [-0.15, -0.1) is 0 Å². The molecule has 31 heavy (non-hydrogen) atoms. The number of hydrogen-bond donors (Lipinski definition) is 3. The molecule has 1 heterocycles. The van der Waals surface area contributed by atoms with Gasteiger partial charge >= 0.3 is 0 Å². The van der Waals surface area contributed by atoms with Gasteiger partial charge in [-0.1, -0.05) is 30.3 Å². The first-order valence-corrected chi connectivity index (χ1v) is 10.7. The Morgan fingerprint density at radius 1 is 1.03 bits per heavy atom. The van der Waals surface area contributed by atoms with E-state index >= 15 is 0 Å². The standard InChI is InChI=1S/C25H26N4O2/c1-15(16-8-11-19(31-2)12-9-16)26-29-25(30)23-14-22(27-28-23)20-13-10-18-7-6-17-4-3-5-21(20)24(17)18/h3-5,8-13,22-23,27-28H,6-7,14H2,1-2H3,(H,29,30)/b26-15+. The summed E-state index contributed by atoms with van der Waals surface area (Å²) in [5, 5.41) is 6.97. The lowest BCUT2D eigenvalue weighted by Crippen LogP contribution is -2.41. The van der Waals surface area contributed by atoms with Gasteiger partial charge in [-0.25, -0.2) is 16.3 Å². The van der Waals surface area contributed by atoms with Gasteiger partial charge in [0.2, 0.25) is 0 Å². The number of carbonyl (C=O) groups excluding carboxylic acids is 1. The first kappa shape index (κ1) is 19.7. The van der Waals surface area contributed by atoms with Gasteiger partial charge in [-0.05, 0) is 83.5 Å². The highest BCUT2D eigenvalue weighted by molar-refractivity contribution is 5.99. The molecule has 2 aliphatic rings. The van der Waals surface area contributed by atoms with Crippen LogP contribution < -0.4 is 21.0 Å². The summed E-state index contributed by atoms with van der Waals surface area (Å²) in [5.41, 5.74) is 14.9. The highest BCUT2D eigenvalue weighted by Gasteiger charge is 2.31. The predicted molar refractivity (Wildman–Crippen MR) is 122 cm³/mol. The van der Waals surface area contributed by atoms with Crippen molar-refractivity contribution in [3.05, 3.63) is 76.9 Å². The zero-order valence-corrected chi connectivity index (χ0v) is 17.7. The van der Waals surface area contributed by atoms with E-state index in [1.165, 1.54) is 27.5 Å². The van der Waals surface area contributed by atoms with E-state index in [0.717, 1.165) is 29.9 Å². The van der Waals surface area contributed by atoms with Crippen molar-refractivity contribution in [2.24, 2.45) is 5.10 Å². The summed E-state index contributed by atoms with van der Waals surface area (Å²) < 4.78 is 5.18. The van der Waals surface area contributed by atoms with E-state index < -0.39 is 0 Å². The van der Waals surface area contributed by atoms with E-state index in [-0.39, 0.29) is 18.0 Å². The highest BCUT2D eigenvalue weighted by Crippen LogP contribution is 2.36. The molecule has 3 N–H and O–H groups in total. The lowest BCUT2D eigenvalue weighted by Gasteiger charge is -2.14. The Kier molecular flexibility index (Phi) is 5.18. The highest BCUT2D eigenvalue weighted by atomic mass is 16.5. The molecule has 1 aliphatic heterocycles. The predicted octanol–water partition coefficient (Wildman–Crippen LogP) is 3.40. The number of rotatable bonds is 5. The van der Waals surface area contributed by atoms with Crippen LogP contribution in [0.5, 0.6) is 5.75 Å². The zero-order valence-electron chi connectivity index (χ0n) is 17.7. The molecule has 2 atom stereocenters. The molecule has 0 bridgehead atoms. The number of benzene rings is 3. The lowest BCUT2D eigenvalue weighted by atomic mass is 9.93. The molecule has 0 saturated carbocycles. The Bertz CT molecular complexity index is 1160. The molecule has 0 spiro atoms. The normalized spacial score (nSPS) is 20.3. The minimum atomic E-state index is -0.347. The molecule has 158 valence electrons. The van der Waals surface area contributed by atoms with Crippen LogP contribution in [0.2, 0.25) is 0 Å². The number of carbonyl (C=O) groups is 1. The molecule has 0 radical (unpaired) electrons. The molecule has 1 fully saturated rings. The Labute approximate surface area is 181 Å². The fourth-order valence-corrected chi connectivity index (χ4v) is 4.62. The largest absolute Gasteiger partial charge is 0.497 e. The fraction of sp³-hybridized carbons (Fsp3) is 0.280. The summed E-state index contributed by atoms with van der Waals surface area (Å²) in [7, 11) is 1.63. The molecular weight excluding hydrogens is 388 g/mol. The smallest absolute Gasteiger partial charge is 0.258 e. The molecule has 5 rings (SSSR count). The third-order valence-corrected chi connectivity index (χ3v) is 6.35. The van der Waals surface area contributed by atoms with Crippen molar-refractivity contribution < 1.29 is 9.53 Å². The van der Waals surface area contributed by atoms with Gasteiger partial charge < -0.3 is 4.74 Å². The Morgan fingerprint density at radius 3 is 2.58 bits per heavy atom. The number of ether oxygens (including phenoxy) is 1. The van der Waals surface area contributed by atoms with Crippen molar-refractivity contribution in [2.75, 3.05) is 7.11 Å². The summed E-state index contributed by atoms with van der Waals surface area (Å²) in [6.45, 7) is 1.87. The summed E-state index contributed by atoms with van der Waals surface area (Å²) in [6, 6.07) is 18.3. The van der Waals surface area contributed by atoms with Crippen molar-refractivity contribution >= 4 is 22.4 Å². The molecule has 1 aliphatic carbocycles. The minimum absolute atomic E-state index is 0.0762. The number of aryl methyl sites for hydroxylation is 2. The van der Waals surface area contributed by atoms with Crippen LogP contribution >= 0.6 is 0 Å². The first-order chi connectivity index (χ1) is 15.1. The van der Waals surface area contributed by atoms with Gasteiger partial charge in [-0.2, -0.15) is 5.10 Å². The molecule has 1 amide bonds. The van der Waals surface area contributed by atoms with Gasteiger partial charge in [0.25, 0.3) is 5.91 Å². The maximum atomic E-state index is 12.7. The van der Waals surface area contributed by atoms with E-state index in [1.807, 2.05) is 31.2 Å². The number of methoxy groups -OCH3 is 1. The van der Waals surface area contributed by atoms with Crippen LogP contribution in [-0.2, 0) is 17.6 Å². The second kappa shape index (κ2) is 8.13. The van der Waals surface area contributed by atoms with Gasteiger partial charge in [0.05, 0.1) is 12.8 Å². The SMILES string of the molecule is COc1ccc(/C(C)=N/NC(=O)C2CC(c3ccc4c5c(cccc35)CC4)NN2)cc1. The number of hydrazone groups is 1. The van der Waals surface area contributed by atoms with E-state index in [4.69, 9.17) is 4.74 Å². The third kappa shape index (κ3) is 3.69. The molecule has 2 unspecified atom stereocenters. The summed E-state index contributed by atoms with van der Waals surface area (Å²) in [4.78, 5) is 12.7. The Morgan fingerprint density at radius 2 is 1.81 bits per heavy atom. The molecule has 3 aromatic rings. The lowest BCUT2D eigenvalue weighted by molar-refractivity contribution is -0.122. The van der Waals surface area contributed by atoms with Gasteiger partial charge in [0.1, 0.15) is 11.8 Å². The minimum Gasteiger partial charge on any atom is -0.497 e. The van der Waals surface area contributed by atoms with Crippen molar-refractivity contribution in [1.82, 2.24) is 16.3 Å². The van der Waals surface area contributed by atoms with Crippen LogP contribution in [0.1, 0.15) is 41.6 Å². The monoisotopic (exact) mass is 414 g/mol. The van der Waals surface area contributed by atoms with E-state index in [9.17, 15) is 4.79 Å². The van der Waals surface area contributed by atoms with Crippen LogP contribution in [0.4, 0.5) is 0 Å². The fourth-order valence-electron chi connectivity index (χ4n) is 4.62. The van der Waals surface area contributed by atoms with E-state index in [2.05, 4.69) is 51.7 Å². The quantitative estimate of drug-likeness (QED) is 0.442. The maximum absolute atomic E-state index is 12.7. The van der Waals surface area contributed by atoms with E-state index in [0.29, 0.717) is 6.42 Å². The number of hydrazine groups is 1. The van der Waals surface area contributed by atoms with Crippen molar-refractivity contribution in [2.45, 2.75) is 38.3 Å². The zero-order chi connectivity index (χ0) is 21.4. The summed E-state index contributed by atoms with van der Waals surface area (Å²) in [6.07, 6.45) is 2.90. The second-order valence-corrected chi connectivity index (χ2v) is 8.18. The summed E-state index contributed by atoms with van der Waals surface area (Å²) in [5.74, 6) is 0.643. The van der Waals surface area contributed by atoms with Gasteiger partial charge in [0, 0.05) is 6.04 Å². The molecule has 3 aromatic carbocycles. The average Bonchev–Trinajstić information content (AvgIpc) is 3.47. The van der Waals surface area contributed by atoms with Crippen LogP contribution in [0.3, 0.4) is 0 Å².